The highest BCUT2D eigenvalue weighted by atomic mass is 16.5. The van der Waals surface area contributed by atoms with Crippen LogP contribution in [0.4, 0.5) is 0 Å². The minimum atomic E-state index is -1.03. The van der Waals surface area contributed by atoms with Crippen LogP contribution in [0.3, 0.4) is 0 Å². The first-order valence-corrected chi connectivity index (χ1v) is 15.4. The van der Waals surface area contributed by atoms with Crippen molar-refractivity contribution in [1.29, 1.82) is 0 Å². The highest BCUT2D eigenvalue weighted by Gasteiger charge is 2.48. The molecule has 1 saturated carbocycles. The van der Waals surface area contributed by atoms with Crippen LogP contribution in [-0.4, -0.2) is 70.0 Å². The summed E-state index contributed by atoms with van der Waals surface area (Å²) in [6.07, 6.45) is 12.6. The standard InChI is InChI=1S/C30H57NO7/c1-5-7-9-11-13-15-17-19-37-29(35)25-21-27(31(23(3)32)24(4)33)28(34)22-26(25)30(36)38-20-18-16-14-12-10-8-6-2/h23-28,32-34H,5-22H2,1-4H3. The van der Waals surface area contributed by atoms with Crippen molar-refractivity contribution < 1.29 is 34.4 Å². The van der Waals surface area contributed by atoms with Gasteiger partial charge in [-0.15, -0.1) is 0 Å². The summed E-state index contributed by atoms with van der Waals surface area (Å²) in [5.74, 6) is -2.56. The maximum Gasteiger partial charge on any atom is 0.309 e. The number of esters is 2. The molecule has 1 aliphatic rings. The van der Waals surface area contributed by atoms with E-state index in [0.29, 0.717) is 13.2 Å². The van der Waals surface area contributed by atoms with Gasteiger partial charge in [-0.25, -0.2) is 4.90 Å². The zero-order valence-electron chi connectivity index (χ0n) is 24.6. The largest absolute Gasteiger partial charge is 0.465 e. The molecule has 3 N–H and O–H groups in total. The number of aliphatic hydroxyl groups excluding tert-OH is 3. The molecule has 0 aromatic heterocycles. The summed E-state index contributed by atoms with van der Waals surface area (Å²) in [4.78, 5) is 27.5. The van der Waals surface area contributed by atoms with E-state index < -0.39 is 48.4 Å². The Morgan fingerprint density at radius 3 is 1.45 bits per heavy atom. The van der Waals surface area contributed by atoms with Crippen LogP contribution in [0.5, 0.6) is 0 Å². The first-order chi connectivity index (χ1) is 18.2. The fraction of sp³-hybridized carbons (Fsp3) is 0.933. The monoisotopic (exact) mass is 543 g/mol. The van der Waals surface area contributed by atoms with Crippen LogP contribution in [-0.2, 0) is 19.1 Å². The molecule has 6 atom stereocenters. The van der Waals surface area contributed by atoms with Gasteiger partial charge in [0.25, 0.3) is 0 Å². The Morgan fingerprint density at radius 2 is 1.05 bits per heavy atom. The molecule has 1 rings (SSSR count). The van der Waals surface area contributed by atoms with Crippen LogP contribution in [0.1, 0.15) is 130 Å². The second kappa shape index (κ2) is 20.7. The van der Waals surface area contributed by atoms with Crippen molar-refractivity contribution >= 4 is 11.9 Å². The predicted octanol–water partition coefficient (Wildman–Crippen LogP) is 5.31. The minimum absolute atomic E-state index is 0.0215. The Balaban J connectivity index is 2.70. The van der Waals surface area contributed by atoms with Gasteiger partial charge in [0.2, 0.25) is 0 Å². The maximum absolute atomic E-state index is 13.1. The van der Waals surface area contributed by atoms with Crippen LogP contribution >= 0.6 is 0 Å². The van der Waals surface area contributed by atoms with Crippen molar-refractivity contribution in [2.45, 2.75) is 155 Å². The van der Waals surface area contributed by atoms with Gasteiger partial charge in [0.1, 0.15) is 12.5 Å². The van der Waals surface area contributed by atoms with Crippen molar-refractivity contribution in [1.82, 2.24) is 4.90 Å². The zero-order chi connectivity index (χ0) is 28.3. The van der Waals surface area contributed by atoms with Gasteiger partial charge >= 0.3 is 11.9 Å². The Kier molecular flexibility index (Phi) is 18.9. The van der Waals surface area contributed by atoms with E-state index in [0.717, 1.165) is 38.5 Å². The van der Waals surface area contributed by atoms with Crippen molar-refractivity contribution in [3.05, 3.63) is 0 Å². The normalized spacial score (nSPS) is 23.3. The summed E-state index contributed by atoms with van der Waals surface area (Å²) in [7, 11) is 0. The van der Waals surface area contributed by atoms with Crippen LogP contribution in [0.2, 0.25) is 0 Å². The minimum Gasteiger partial charge on any atom is -0.465 e. The fourth-order valence-corrected chi connectivity index (χ4v) is 5.55. The van der Waals surface area contributed by atoms with E-state index in [1.54, 1.807) is 0 Å². The number of aliphatic hydroxyl groups is 3. The molecule has 0 heterocycles. The number of hydrogen-bond acceptors (Lipinski definition) is 8. The molecule has 8 heteroatoms. The third-order valence-corrected chi connectivity index (χ3v) is 7.76. The lowest BCUT2D eigenvalue weighted by Gasteiger charge is -2.44. The second-order valence-electron chi connectivity index (χ2n) is 11.1. The summed E-state index contributed by atoms with van der Waals surface area (Å²) >= 11 is 0. The molecule has 0 aromatic carbocycles. The molecule has 0 amide bonds. The lowest BCUT2D eigenvalue weighted by molar-refractivity contribution is -0.179. The molecule has 0 bridgehead atoms. The number of ether oxygens (including phenoxy) is 2. The third kappa shape index (κ3) is 13.2. The molecule has 38 heavy (non-hydrogen) atoms. The SMILES string of the molecule is CCCCCCCCCOC(=O)C1CC(O)C(N(C(C)O)C(C)O)CC1C(=O)OCCCCCCCCC. The van der Waals surface area contributed by atoms with Crippen molar-refractivity contribution in [2.75, 3.05) is 13.2 Å². The third-order valence-electron chi connectivity index (χ3n) is 7.76. The van der Waals surface area contributed by atoms with Crippen molar-refractivity contribution in [3.63, 3.8) is 0 Å². The van der Waals surface area contributed by atoms with Gasteiger partial charge in [-0.2, -0.15) is 0 Å². The van der Waals surface area contributed by atoms with Crippen molar-refractivity contribution in [2.24, 2.45) is 11.8 Å². The molecule has 0 saturated heterocycles. The second-order valence-corrected chi connectivity index (χ2v) is 11.1. The van der Waals surface area contributed by atoms with Crippen LogP contribution in [0.15, 0.2) is 0 Å². The first kappa shape index (κ1) is 34.8. The molecule has 8 nitrogen and oxygen atoms in total. The molecule has 224 valence electrons. The molecular weight excluding hydrogens is 486 g/mol. The number of carbonyl (C=O) groups excluding carboxylic acids is 2. The Morgan fingerprint density at radius 1 is 0.684 bits per heavy atom. The average Bonchev–Trinajstić information content (AvgIpc) is 2.87. The quantitative estimate of drug-likeness (QED) is 0.101. The van der Waals surface area contributed by atoms with E-state index in [9.17, 15) is 24.9 Å². The number of rotatable bonds is 21. The first-order valence-electron chi connectivity index (χ1n) is 15.4. The van der Waals surface area contributed by atoms with Gasteiger partial charge in [-0.3, -0.25) is 9.59 Å². The van der Waals surface area contributed by atoms with Gasteiger partial charge in [0, 0.05) is 6.04 Å². The van der Waals surface area contributed by atoms with Crippen LogP contribution < -0.4 is 0 Å². The lowest BCUT2D eigenvalue weighted by atomic mass is 9.74. The van der Waals surface area contributed by atoms with Gasteiger partial charge in [0.15, 0.2) is 0 Å². The molecule has 0 radical (unpaired) electrons. The van der Waals surface area contributed by atoms with E-state index in [2.05, 4.69) is 13.8 Å². The highest BCUT2D eigenvalue weighted by molar-refractivity contribution is 5.82. The molecular formula is C30H57NO7. The summed E-state index contributed by atoms with van der Waals surface area (Å²) in [5, 5.41) is 31.3. The Labute approximate surface area is 231 Å². The average molecular weight is 544 g/mol. The van der Waals surface area contributed by atoms with E-state index >= 15 is 0 Å². The highest BCUT2D eigenvalue weighted by Crippen LogP contribution is 2.36. The van der Waals surface area contributed by atoms with E-state index in [1.165, 1.54) is 70.1 Å². The van der Waals surface area contributed by atoms with Gasteiger partial charge < -0.3 is 24.8 Å². The molecule has 1 aliphatic carbocycles. The van der Waals surface area contributed by atoms with E-state index in [4.69, 9.17) is 9.47 Å². The summed E-state index contributed by atoms with van der Waals surface area (Å²) in [6.45, 7) is 8.00. The molecule has 6 unspecified atom stereocenters. The smallest absolute Gasteiger partial charge is 0.309 e. The maximum atomic E-state index is 13.1. The summed E-state index contributed by atoms with van der Waals surface area (Å²) in [6, 6.07) is -0.682. The number of hydrogen-bond donors (Lipinski definition) is 3. The molecule has 1 fully saturated rings. The summed E-state index contributed by atoms with van der Waals surface area (Å²) in [5.41, 5.74) is 0. The molecule has 0 aliphatic heterocycles. The number of unbranched alkanes of at least 4 members (excludes halogenated alkanes) is 12. The molecule has 0 aromatic rings. The predicted molar refractivity (Wildman–Crippen MR) is 149 cm³/mol. The Bertz CT molecular complexity index is 620. The van der Waals surface area contributed by atoms with Crippen LogP contribution in [0.25, 0.3) is 0 Å². The lowest BCUT2D eigenvalue weighted by Crippen LogP contribution is -2.57. The number of carbonyl (C=O) groups is 2. The zero-order valence-corrected chi connectivity index (χ0v) is 24.6. The fourth-order valence-electron chi connectivity index (χ4n) is 5.55. The van der Waals surface area contributed by atoms with E-state index in [-0.39, 0.29) is 12.8 Å². The Hall–Kier alpha value is -1.22. The van der Waals surface area contributed by atoms with Crippen LogP contribution in [0, 0.1) is 11.8 Å². The van der Waals surface area contributed by atoms with Gasteiger partial charge in [0.05, 0.1) is 31.2 Å². The molecule has 0 spiro atoms. The summed E-state index contributed by atoms with van der Waals surface area (Å²) < 4.78 is 11.1. The van der Waals surface area contributed by atoms with Gasteiger partial charge in [-0.05, 0) is 39.5 Å². The number of nitrogens with zero attached hydrogens (tertiary/aromatic N) is 1. The van der Waals surface area contributed by atoms with Gasteiger partial charge in [-0.1, -0.05) is 90.9 Å². The topological polar surface area (TPSA) is 117 Å². The van der Waals surface area contributed by atoms with Crippen molar-refractivity contribution in [3.8, 4) is 0 Å². The van der Waals surface area contributed by atoms with E-state index in [1.807, 2.05) is 0 Å².